The molecule has 1 amide bonds. The molecule has 0 aromatic heterocycles. The van der Waals surface area contributed by atoms with E-state index in [0.29, 0.717) is 0 Å². The Balaban J connectivity index is 3.11. The highest BCUT2D eigenvalue weighted by atomic mass is 79.9. The van der Waals surface area contributed by atoms with Crippen molar-refractivity contribution in [3.8, 4) is 0 Å². The topological polar surface area (TPSA) is 117 Å². The molecular weight excluding hydrogens is 390 g/mol. The van der Waals surface area contributed by atoms with Crippen LogP contribution in [0.4, 0.5) is 0 Å². The van der Waals surface area contributed by atoms with Crippen molar-refractivity contribution in [3.05, 3.63) is 0 Å². The highest BCUT2D eigenvalue weighted by Gasteiger charge is 2.49. The number of halogens is 1. The molecule has 5 atom stereocenters. The number of carbonyl (C=O) groups excluding carboxylic acids is 4. The second-order valence-corrected chi connectivity index (χ2v) is 6.11. The van der Waals surface area contributed by atoms with Crippen LogP contribution < -0.4 is 5.32 Å². The number of carbonyl (C=O) groups is 4. The van der Waals surface area contributed by atoms with Crippen molar-refractivity contribution in [2.75, 3.05) is 6.61 Å². The summed E-state index contributed by atoms with van der Waals surface area (Å²) in [5.41, 5.74) is 0. The van der Waals surface area contributed by atoms with Crippen molar-refractivity contribution in [2.24, 2.45) is 0 Å². The van der Waals surface area contributed by atoms with Crippen molar-refractivity contribution >= 4 is 39.7 Å². The van der Waals surface area contributed by atoms with Crippen LogP contribution >= 0.6 is 15.9 Å². The Labute approximate surface area is 147 Å². The van der Waals surface area contributed by atoms with Crippen LogP contribution in [-0.2, 0) is 38.1 Å². The third-order valence-electron chi connectivity index (χ3n) is 3.06. The van der Waals surface area contributed by atoms with Gasteiger partial charge in [0.05, 0.1) is 0 Å². The van der Waals surface area contributed by atoms with Crippen LogP contribution in [-0.4, -0.2) is 59.8 Å². The first-order valence-corrected chi connectivity index (χ1v) is 8.07. The van der Waals surface area contributed by atoms with Crippen LogP contribution in [0.15, 0.2) is 0 Å². The first-order chi connectivity index (χ1) is 11.1. The van der Waals surface area contributed by atoms with E-state index in [1.54, 1.807) is 0 Å². The molecule has 0 saturated carbocycles. The predicted octanol–water partition coefficient (Wildman–Crippen LogP) is 0.0374. The smallest absolute Gasteiger partial charge is 0.303 e. The van der Waals surface area contributed by atoms with Gasteiger partial charge in [-0.2, -0.15) is 0 Å². The van der Waals surface area contributed by atoms with Gasteiger partial charge in [-0.25, -0.2) is 0 Å². The summed E-state index contributed by atoms with van der Waals surface area (Å²) in [6.07, 6.45) is -2.81. The molecule has 136 valence electrons. The molecule has 10 heteroatoms. The van der Waals surface area contributed by atoms with Gasteiger partial charge in [-0.15, -0.1) is 0 Å². The molecule has 0 aromatic carbocycles. The minimum Gasteiger partial charge on any atom is -0.463 e. The van der Waals surface area contributed by atoms with E-state index in [2.05, 4.69) is 21.2 Å². The van der Waals surface area contributed by atoms with Gasteiger partial charge in [0.15, 0.2) is 17.2 Å². The third kappa shape index (κ3) is 6.08. The van der Waals surface area contributed by atoms with Gasteiger partial charge < -0.3 is 24.3 Å². The standard InChI is InChI=1S/C14H20BrNO8/c1-6(17)16-11-12(22-8(3)19)10(5-21-7(2)18)24-14(15)13(11)23-9(4)20/h10-14H,5H2,1-4H3,(H,16,17)/t10-,11-,12-,13+,14+/m1/s1. The van der Waals surface area contributed by atoms with Crippen molar-refractivity contribution in [3.63, 3.8) is 0 Å². The zero-order valence-electron chi connectivity index (χ0n) is 13.7. The summed E-state index contributed by atoms with van der Waals surface area (Å²) >= 11 is 3.22. The van der Waals surface area contributed by atoms with Gasteiger partial charge in [0.1, 0.15) is 18.8 Å². The summed E-state index contributed by atoms with van der Waals surface area (Å²) in [7, 11) is 0. The molecule has 1 heterocycles. The minimum absolute atomic E-state index is 0.196. The van der Waals surface area contributed by atoms with Crippen LogP contribution in [0.25, 0.3) is 0 Å². The summed E-state index contributed by atoms with van der Waals surface area (Å²) in [6.45, 7) is 4.70. The molecular formula is C14H20BrNO8. The van der Waals surface area contributed by atoms with E-state index in [1.165, 1.54) is 27.7 Å². The lowest BCUT2D eigenvalue weighted by Crippen LogP contribution is -2.65. The SMILES string of the molecule is CC(=O)N[C@H]1[C@H](OC(C)=O)[C@@H](Br)O[C@H](COC(C)=O)[C@H]1OC(C)=O. The summed E-state index contributed by atoms with van der Waals surface area (Å²) in [5.74, 6) is -2.17. The van der Waals surface area contributed by atoms with Crippen molar-refractivity contribution in [1.29, 1.82) is 0 Å². The van der Waals surface area contributed by atoms with Crippen molar-refractivity contribution < 1.29 is 38.1 Å². The molecule has 1 N–H and O–H groups in total. The number of amides is 1. The maximum absolute atomic E-state index is 11.5. The molecule has 1 fully saturated rings. The highest BCUT2D eigenvalue weighted by molar-refractivity contribution is 9.09. The fourth-order valence-electron chi connectivity index (χ4n) is 2.29. The van der Waals surface area contributed by atoms with E-state index >= 15 is 0 Å². The number of hydrogen-bond donors (Lipinski definition) is 1. The first-order valence-electron chi connectivity index (χ1n) is 7.16. The number of esters is 3. The Morgan fingerprint density at radius 2 is 1.50 bits per heavy atom. The molecule has 0 radical (unpaired) electrons. The van der Waals surface area contributed by atoms with E-state index in [-0.39, 0.29) is 6.61 Å². The van der Waals surface area contributed by atoms with E-state index in [9.17, 15) is 19.2 Å². The Kier molecular flexibility index (Phi) is 7.61. The van der Waals surface area contributed by atoms with E-state index in [4.69, 9.17) is 18.9 Å². The van der Waals surface area contributed by atoms with Crippen molar-refractivity contribution in [2.45, 2.75) is 57.1 Å². The average Bonchev–Trinajstić information content (AvgIpc) is 2.42. The molecule has 9 nitrogen and oxygen atoms in total. The number of hydrogen-bond acceptors (Lipinski definition) is 8. The van der Waals surface area contributed by atoms with Gasteiger partial charge in [0.2, 0.25) is 5.91 Å². The summed E-state index contributed by atoms with van der Waals surface area (Å²) in [5, 5.41) is 1.80. The van der Waals surface area contributed by atoms with E-state index < -0.39 is 53.2 Å². The maximum Gasteiger partial charge on any atom is 0.303 e. The Morgan fingerprint density at radius 3 is 1.96 bits per heavy atom. The predicted molar refractivity (Wildman–Crippen MR) is 82.9 cm³/mol. The zero-order valence-corrected chi connectivity index (χ0v) is 15.3. The molecule has 0 unspecified atom stereocenters. The molecule has 24 heavy (non-hydrogen) atoms. The van der Waals surface area contributed by atoms with Crippen LogP contribution in [0.3, 0.4) is 0 Å². The zero-order chi connectivity index (χ0) is 18.4. The normalized spacial score (nSPS) is 29.3. The Hall–Kier alpha value is -1.68. The van der Waals surface area contributed by atoms with Crippen LogP contribution in [0, 0.1) is 0 Å². The molecule has 1 aliphatic heterocycles. The second kappa shape index (κ2) is 8.97. The first kappa shape index (κ1) is 20.4. The Bertz CT molecular complexity index is 511. The molecule has 1 saturated heterocycles. The molecule has 0 bridgehead atoms. The van der Waals surface area contributed by atoms with Gasteiger partial charge in [-0.05, 0) is 0 Å². The van der Waals surface area contributed by atoms with Gasteiger partial charge in [0.25, 0.3) is 0 Å². The summed E-state index contributed by atoms with van der Waals surface area (Å²) in [4.78, 5) is 45.3. The molecule has 0 aromatic rings. The van der Waals surface area contributed by atoms with Crippen LogP contribution in [0.1, 0.15) is 27.7 Å². The van der Waals surface area contributed by atoms with Gasteiger partial charge in [-0.3, -0.25) is 19.2 Å². The number of nitrogens with one attached hydrogen (secondary N) is 1. The fourth-order valence-corrected chi connectivity index (χ4v) is 3.01. The van der Waals surface area contributed by atoms with Gasteiger partial charge >= 0.3 is 17.9 Å². The van der Waals surface area contributed by atoms with Crippen LogP contribution in [0.2, 0.25) is 0 Å². The quantitative estimate of drug-likeness (QED) is 0.384. The Morgan fingerprint density at radius 1 is 0.958 bits per heavy atom. The maximum atomic E-state index is 11.5. The molecule has 0 spiro atoms. The lowest BCUT2D eigenvalue weighted by Gasteiger charge is -2.43. The minimum atomic E-state index is -1.01. The number of alkyl halides is 1. The average molecular weight is 410 g/mol. The van der Waals surface area contributed by atoms with Gasteiger partial charge in [-0.1, -0.05) is 15.9 Å². The number of ether oxygens (including phenoxy) is 4. The highest BCUT2D eigenvalue weighted by Crippen LogP contribution is 2.29. The summed E-state index contributed by atoms with van der Waals surface area (Å²) < 4.78 is 20.9. The van der Waals surface area contributed by atoms with Crippen LogP contribution in [0.5, 0.6) is 0 Å². The molecule has 1 rings (SSSR count). The lowest BCUT2D eigenvalue weighted by atomic mass is 9.96. The monoisotopic (exact) mass is 409 g/mol. The summed E-state index contributed by atoms with van der Waals surface area (Å²) in [6, 6.07) is -0.881. The van der Waals surface area contributed by atoms with E-state index in [0.717, 1.165) is 0 Å². The third-order valence-corrected chi connectivity index (χ3v) is 3.80. The molecule has 0 aliphatic carbocycles. The second-order valence-electron chi connectivity index (χ2n) is 5.20. The largest absolute Gasteiger partial charge is 0.463 e. The lowest BCUT2D eigenvalue weighted by molar-refractivity contribution is -0.204. The van der Waals surface area contributed by atoms with Gasteiger partial charge in [0, 0.05) is 27.7 Å². The fraction of sp³-hybridized carbons (Fsp3) is 0.714. The molecule has 1 aliphatic rings. The van der Waals surface area contributed by atoms with Crippen molar-refractivity contribution in [1.82, 2.24) is 5.32 Å². The van der Waals surface area contributed by atoms with E-state index in [1.807, 2.05) is 0 Å². The number of rotatable bonds is 5.